The zero-order chi connectivity index (χ0) is 20.8. The first-order valence-corrected chi connectivity index (χ1v) is 11.0. The Bertz CT molecular complexity index is 816. The third-order valence-electron chi connectivity index (χ3n) is 6.53. The minimum Gasteiger partial charge on any atom is -0.330 e. The number of benzene rings is 2. The van der Waals surface area contributed by atoms with E-state index >= 15 is 0 Å². The molecule has 154 valence electrons. The average Bonchev–Trinajstić information content (AvgIpc) is 2.71. The number of nitriles is 1. The maximum absolute atomic E-state index is 9.08. The molecule has 3 nitrogen and oxygen atoms in total. The van der Waals surface area contributed by atoms with E-state index in [2.05, 4.69) is 56.0 Å². The summed E-state index contributed by atoms with van der Waals surface area (Å²) in [5.74, 6) is 1.47. The van der Waals surface area contributed by atoms with E-state index < -0.39 is 0 Å². The van der Waals surface area contributed by atoms with Gasteiger partial charge in [0, 0.05) is 19.6 Å². The molecule has 0 spiro atoms. The standard InChI is InChI=1S/C26H35N3/c1-19-12-20(2)26(21(3)13-19)18-29(16-24-8-4-22(14-27)5-9-24)17-25-10-6-23(15-28)7-11-25/h4-5,8-9,12-13,23,25H,6-7,10-11,15-18,28H2,1-3H3. The largest absolute Gasteiger partial charge is 0.330 e. The zero-order valence-electron chi connectivity index (χ0n) is 18.2. The fraction of sp³-hybridized carbons (Fsp3) is 0.500. The first-order valence-electron chi connectivity index (χ1n) is 11.0. The highest BCUT2D eigenvalue weighted by atomic mass is 15.1. The SMILES string of the molecule is Cc1cc(C)c(CN(Cc2ccc(C#N)cc2)CC2CCC(CN)CC2)c(C)c1. The van der Waals surface area contributed by atoms with Crippen molar-refractivity contribution in [2.24, 2.45) is 17.6 Å². The molecule has 0 aliphatic heterocycles. The Morgan fingerprint density at radius 3 is 2.07 bits per heavy atom. The molecule has 0 aromatic heterocycles. The lowest BCUT2D eigenvalue weighted by atomic mass is 9.81. The summed E-state index contributed by atoms with van der Waals surface area (Å²) in [4.78, 5) is 2.61. The molecular weight excluding hydrogens is 354 g/mol. The van der Waals surface area contributed by atoms with E-state index in [-0.39, 0.29) is 0 Å². The Labute approximate surface area is 176 Å². The van der Waals surface area contributed by atoms with Crippen molar-refractivity contribution in [3.63, 3.8) is 0 Å². The highest BCUT2D eigenvalue weighted by Gasteiger charge is 2.23. The van der Waals surface area contributed by atoms with Crippen molar-refractivity contribution in [2.45, 2.75) is 59.5 Å². The lowest BCUT2D eigenvalue weighted by Crippen LogP contribution is -2.32. The van der Waals surface area contributed by atoms with E-state index in [1.165, 1.54) is 53.5 Å². The van der Waals surface area contributed by atoms with Crippen LogP contribution in [-0.2, 0) is 13.1 Å². The molecule has 29 heavy (non-hydrogen) atoms. The summed E-state index contributed by atoms with van der Waals surface area (Å²) < 4.78 is 0. The summed E-state index contributed by atoms with van der Waals surface area (Å²) in [7, 11) is 0. The van der Waals surface area contributed by atoms with E-state index in [0.717, 1.165) is 43.6 Å². The number of hydrogen-bond donors (Lipinski definition) is 1. The normalized spacial score (nSPS) is 19.3. The van der Waals surface area contributed by atoms with Gasteiger partial charge in [-0.15, -0.1) is 0 Å². The van der Waals surface area contributed by atoms with Crippen LogP contribution in [0.5, 0.6) is 0 Å². The zero-order valence-corrected chi connectivity index (χ0v) is 18.2. The van der Waals surface area contributed by atoms with Gasteiger partial charge in [-0.25, -0.2) is 0 Å². The predicted octanol–water partition coefficient (Wildman–Crippen LogP) is 5.25. The fourth-order valence-corrected chi connectivity index (χ4v) is 4.83. The van der Waals surface area contributed by atoms with E-state index in [4.69, 9.17) is 11.0 Å². The summed E-state index contributed by atoms with van der Waals surface area (Å²) in [5.41, 5.74) is 13.5. The van der Waals surface area contributed by atoms with Gasteiger partial charge in [0.15, 0.2) is 0 Å². The second-order valence-corrected chi connectivity index (χ2v) is 8.98. The molecule has 0 atom stereocenters. The molecule has 2 N–H and O–H groups in total. The Hall–Kier alpha value is -2.15. The smallest absolute Gasteiger partial charge is 0.0991 e. The molecule has 0 amide bonds. The molecular formula is C26H35N3. The van der Waals surface area contributed by atoms with E-state index in [1.807, 2.05) is 12.1 Å². The highest BCUT2D eigenvalue weighted by molar-refractivity contribution is 5.37. The maximum atomic E-state index is 9.08. The van der Waals surface area contributed by atoms with Crippen LogP contribution in [0.4, 0.5) is 0 Å². The van der Waals surface area contributed by atoms with Crippen molar-refractivity contribution in [1.82, 2.24) is 4.90 Å². The number of aryl methyl sites for hydroxylation is 3. The van der Waals surface area contributed by atoms with Crippen LogP contribution < -0.4 is 5.73 Å². The number of nitrogens with zero attached hydrogens (tertiary/aromatic N) is 2. The van der Waals surface area contributed by atoms with Crippen LogP contribution in [0.2, 0.25) is 0 Å². The van der Waals surface area contributed by atoms with Gasteiger partial charge in [0.1, 0.15) is 0 Å². The molecule has 3 rings (SSSR count). The van der Waals surface area contributed by atoms with Gasteiger partial charge in [0.25, 0.3) is 0 Å². The molecule has 0 saturated heterocycles. The lowest BCUT2D eigenvalue weighted by Gasteiger charge is -2.33. The number of nitrogens with two attached hydrogens (primary N) is 1. The first kappa shape index (κ1) is 21.6. The summed E-state index contributed by atoms with van der Waals surface area (Å²) in [6.07, 6.45) is 5.12. The van der Waals surface area contributed by atoms with Crippen molar-refractivity contribution in [1.29, 1.82) is 5.26 Å². The average molecular weight is 390 g/mol. The van der Waals surface area contributed by atoms with Gasteiger partial charge < -0.3 is 5.73 Å². The van der Waals surface area contributed by atoms with Crippen LogP contribution >= 0.6 is 0 Å². The summed E-state index contributed by atoms with van der Waals surface area (Å²) in [6.45, 7) is 10.5. The Morgan fingerprint density at radius 1 is 0.931 bits per heavy atom. The summed E-state index contributed by atoms with van der Waals surface area (Å²) >= 11 is 0. The van der Waals surface area contributed by atoms with Crippen LogP contribution in [0.25, 0.3) is 0 Å². The monoisotopic (exact) mass is 389 g/mol. The summed E-state index contributed by atoms with van der Waals surface area (Å²) in [5, 5.41) is 9.08. The molecule has 0 radical (unpaired) electrons. The molecule has 2 aromatic rings. The third kappa shape index (κ3) is 5.92. The molecule has 1 fully saturated rings. The van der Waals surface area contributed by atoms with Gasteiger partial charge in [0.2, 0.25) is 0 Å². The van der Waals surface area contributed by atoms with Gasteiger partial charge >= 0.3 is 0 Å². The van der Waals surface area contributed by atoms with Gasteiger partial charge in [-0.3, -0.25) is 4.90 Å². The van der Waals surface area contributed by atoms with Crippen LogP contribution in [-0.4, -0.2) is 18.0 Å². The molecule has 0 bridgehead atoms. The van der Waals surface area contributed by atoms with Crippen LogP contribution in [0.1, 0.15) is 59.1 Å². The second kappa shape index (κ2) is 10.1. The molecule has 1 aliphatic rings. The maximum Gasteiger partial charge on any atom is 0.0991 e. The van der Waals surface area contributed by atoms with Gasteiger partial charge in [-0.1, -0.05) is 29.8 Å². The molecule has 1 saturated carbocycles. The van der Waals surface area contributed by atoms with Crippen LogP contribution in [0, 0.1) is 43.9 Å². The Balaban J connectivity index is 1.76. The lowest BCUT2D eigenvalue weighted by molar-refractivity contribution is 0.169. The quantitative estimate of drug-likeness (QED) is 0.703. The molecule has 0 unspecified atom stereocenters. The van der Waals surface area contributed by atoms with Crippen LogP contribution in [0.3, 0.4) is 0 Å². The van der Waals surface area contributed by atoms with Crippen LogP contribution in [0.15, 0.2) is 36.4 Å². The topological polar surface area (TPSA) is 53.0 Å². The molecule has 3 heteroatoms. The van der Waals surface area contributed by atoms with Crippen molar-refractivity contribution < 1.29 is 0 Å². The number of hydrogen-bond acceptors (Lipinski definition) is 3. The third-order valence-corrected chi connectivity index (χ3v) is 6.53. The van der Waals surface area contributed by atoms with Gasteiger partial charge in [-0.2, -0.15) is 5.26 Å². The minimum absolute atomic E-state index is 0.722. The molecule has 1 aliphatic carbocycles. The highest BCUT2D eigenvalue weighted by Crippen LogP contribution is 2.30. The van der Waals surface area contributed by atoms with Crippen molar-refractivity contribution in [3.05, 3.63) is 69.8 Å². The fourth-order valence-electron chi connectivity index (χ4n) is 4.83. The van der Waals surface area contributed by atoms with E-state index in [0.29, 0.717) is 0 Å². The Kier molecular flexibility index (Phi) is 7.47. The Morgan fingerprint density at radius 2 is 1.52 bits per heavy atom. The van der Waals surface area contributed by atoms with Crippen molar-refractivity contribution in [2.75, 3.05) is 13.1 Å². The van der Waals surface area contributed by atoms with Crippen molar-refractivity contribution >= 4 is 0 Å². The van der Waals surface area contributed by atoms with E-state index in [9.17, 15) is 0 Å². The van der Waals surface area contributed by atoms with Gasteiger partial charge in [0.05, 0.1) is 11.6 Å². The van der Waals surface area contributed by atoms with Gasteiger partial charge in [-0.05, 0) is 99.2 Å². The minimum atomic E-state index is 0.722. The second-order valence-electron chi connectivity index (χ2n) is 8.98. The summed E-state index contributed by atoms with van der Waals surface area (Å²) in [6, 6.07) is 14.9. The van der Waals surface area contributed by atoms with E-state index in [1.54, 1.807) is 0 Å². The number of rotatable bonds is 7. The molecule has 2 aromatic carbocycles. The molecule has 0 heterocycles. The first-order chi connectivity index (χ1) is 14.0. The van der Waals surface area contributed by atoms with Crippen molar-refractivity contribution in [3.8, 4) is 6.07 Å². The predicted molar refractivity (Wildman–Crippen MR) is 120 cm³/mol.